The Labute approximate surface area is 128 Å². The highest BCUT2D eigenvalue weighted by Gasteiger charge is 2.11. The number of nitrogens with zero attached hydrogens (tertiary/aromatic N) is 2. The van der Waals surface area contributed by atoms with Crippen LogP contribution in [0.25, 0.3) is 10.9 Å². The van der Waals surface area contributed by atoms with Crippen LogP contribution in [0.2, 0.25) is 0 Å². The molecule has 0 spiro atoms. The van der Waals surface area contributed by atoms with Gasteiger partial charge in [0.05, 0.1) is 11.1 Å². The zero-order valence-electron chi connectivity index (χ0n) is 12.3. The fraction of sp³-hybridized carbons (Fsp3) is 0.167. The number of aryl methyl sites for hydroxylation is 1. The van der Waals surface area contributed by atoms with Crippen LogP contribution >= 0.6 is 0 Å². The number of aliphatic imine (C=N–C) groups is 1. The van der Waals surface area contributed by atoms with Gasteiger partial charge in [0.15, 0.2) is 0 Å². The first-order chi connectivity index (χ1) is 10.7. The van der Waals surface area contributed by atoms with Gasteiger partial charge >= 0.3 is 0 Å². The summed E-state index contributed by atoms with van der Waals surface area (Å²) >= 11 is 0. The Kier molecular flexibility index (Phi) is 3.92. The van der Waals surface area contributed by atoms with Crippen LogP contribution in [0.3, 0.4) is 0 Å². The van der Waals surface area contributed by atoms with Crippen LogP contribution in [0.15, 0.2) is 53.5 Å². The second-order valence-electron chi connectivity index (χ2n) is 5.19. The van der Waals surface area contributed by atoms with Crippen LogP contribution < -0.4 is 0 Å². The summed E-state index contributed by atoms with van der Waals surface area (Å²) in [4.78, 5) is 4.34. The smallest absolute Gasteiger partial charge is 0.200 e. The lowest BCUT2D eigenvalue weighted by molar-refractivity contribution is 0.434. The van der Waals surface area contributed by atoms with E-state index in [1.807, 2.05) is 37.4 Å². The van der Waals surface area contributed by atoms with E-state index in [9.17, 15) is 9.50 Å². The summed E-state index contributed by atoms with van der Waals surface area (Å²) in [5, 5.41) is 11.1. The van der Waals surface area contributed by atoms with Crippen molar-refractivity contribution in [1.29, 1.82) is 0 Å². The van der Waals surface area contributed by atoms with Crippen LogP contribution in [0.5, 0.6) is 5.88 Å². The predicted molar refractivity (Wildman–Crippen MR) is 87.1 cm³/mol. The van der Waals surface area contributed by atoms with Crippen LogP contribution in [-0.2, 0) is 13.5 Å². The van der Waals surface area contributed by atoms with Crippen LogP contribution in [-0.4, -0.2) is 22.4 Å². The Bertz CT molecular complexity index is 836. The lowest BCUT2D eigenvalue weighted by Crippen LogP contribution is -1.94. The molecule has 2 aromatic carbocycles. The molecule has 0 saturated carbocycles. The van der Waals surface area contributed by atoms with Crippen molar-refractivity contribution in [3.05, 3.63) is 65.5 Å². The van der Waals surface area contributed by atoms with E-state index in [0.29, 0.717) is 24.1 Å². The lowest BCUT2D eigenvalue weighted by atomic mass is 10.1. The monoisotopic (exact) mass is 296 g/mol. The maximum atomic E-state index is 13.5. The summed E-state index contributed by atoms with van der Waals surface area (Å²) < 4.78 is 15.3. The molecule has 0 fully saturated rings. The van der Waals surface area contributed by atoms with Crippen LogP contribution in [0, 0.1) is 5.82 Å². The van der Waals surface area contributed by atoms with Crippen LogP contribution in [0.4, 0.5) is 4.39 Å². The Balaban J connectivity index is 1.79. The van der Waals surface area contributed by atoms with Gasteiger partial charge in [-0.1, -0.05) is 36.4 Å². The third-order valence-electron chi connectivity index (χ3n) is 3.80. The zero-order chi connectivity index (χ0) is 15.5. The summed E-state index contributed by atoms with van der Waals surface area (Å²) in [5.41, 5.74) is 2.31. The molecule has 22 heavy (non-hydrogen) atoms. The minimum Gasteiger partial charge on any atom is -0.494 e. The number of rotatable bonds is 4. The van der Waals surface area contributed by atoms with Crippen molar-refractivity contribution >= 4 is 17.1 Å². The molecule has 0 aliphatic rings. The van der Waals surface area contributed by atoms with E-state index < -0.39 is 0 Å². The number of aromatic nitrogens is 1. The predicted octanol–water partition coefficient (Wildman–Crippen LogP) is 3.68. The number of hydrogen-bond acceptors (Lipinski definition) is 2. The Morgan fingerprint density at radius 1 is 1.14 bits per heavy atom. The molecule has 0 atom stereocenters. The maximum absolute atomic E-state index is 13.5. The molecule has 4 heteroatoms. The highest BCUT2D eigenvalue weighted by molar-refractivity contribution is 6.02. The highest BCUT2D eigenvalue weighted by atomic mass is 19.1. The van der Waals surface area contributed by atoms with Gasteiger partial charge in [-0.25, -0.2) is 4.39 Å². The second kappa shape index (κ2) is 6.02. The van der Waals surface area contributed by atoms with Gasteiger partial charge in [-0.2, -0.15) is 0 Å². The second-order valence-corrected chi connectivity index (χ2v) is 5.19. The molecule has 0 bridgehead atoms. The molecule has 112 valence electrons. The topological polar surface area (TPSA) is 37.5 Å². The van der Waals surface area contributed by atoms with Gasteiger partial charge in [0.2, 0.25) is 5.88 Å². The maximum Gasteiger partial charge on any atom is 0.200 e. The highest BCUT2D eigenvalue weighted by Crippen LogP contribution is 2.28. The normalized spacial score (nSPS) is 11.5. The van der Waals surface area contributed by atoms with Crippen molar-refractivity contribution in [3.63, 3.8) is 0 Å². The molecule has 3 aromatic rings. The standard InChI is InChI=1S/C18H17FN2O/c1-21-17-9-5-3-7-14(17)15(18(21)22)12-20-11-10-13-6-2-4-8-16(13)19/h2-9,12,22H,10-11H2,1H3. The molecular formula is C18H17FN2O. The molecule has 1 aromatic heterocycles. The number of benzene rings is 2. The zero-order valence-corrected chi connectivity index (χ0v) is 12.3. The van der Waals surface area contributed by atoms with Crippen LogP contribution in [0.1, 0.15) is 11.1 Å². The minimum atomic E-state index is -0.203. The van der Waals surface area contributed by atoms with Gasteiger partial charge < -0.3 is 9.67 Å². The van der Waals surface area contributed by atoms with Crippen molar-refractivity contribution < 1.29 is 9.50 Å². The molecule has 0 radical (unpaired) electrons. The Morgan fingerprint density at radius 2 is 1.86 bits per heavy atom. The molecule has 0 amide bonds. The fourth-order valence-corrected chi connectivity index (χ4v) is 2.58. The quantitative estimate of drug-likeness (QED) is 0.733. The summed E-state index contributed by atoms with van der Waals surface area (Å²) in [6.07, 6.45) is 2.20. The van der Waals surface area contributed by atoms with E-state index >= 15 is 0 Å². The Hall–Kier alpha value is -2.62. The average molecular weight is 296 g/mol. The van der Waals surface area contributed by atoms with Crippen molar-refractivity contribution in [2.45, 2.75) is 6.42 Å². The van der Waals surface area contributed by atoms with Gasteiger partial charge in [-0.3, -0.25) is 4.99 Å². The van der Waals surface area contributed by atoms with E-state index in [-0.39, 0.29) is 11.7 Å². The summed E-state index contributed by atoms with van der Waals surface area (Å²) in [5.74, 6) is -0.0125. The first kappa shape index (κ1) is 14.3. The van der Waals surface area contributed by atoms with Gasteiger partial charge in [0.1, 0.15) is 5.82 Å². The summed E-state index contributed by atoms with van der Waals surface area (Å²) in [6, 6.07) is 14.5. The van der Waals surface area contributed by atoms with E-state index in [4.69, 9.17) is 0 Å². The minimum absolute atomic E-state index is 0.191. The summed E-state index contributed by atoms with van der Waals surface area (Å²) in [6.45, 7) is 0.476. The third kappa shape index (κ3) is 2.60. The van der Waals surface area contributed by atoms with Crippen molar-refractivity contribution in [1.82, 2.24) is 4.57 Å². The molecule has 3 rings (SSSR count). The average Bonchev–Trinajstić information content (AvgIpc) is 2.78. The molecule has 0 aliphatic heterocycles. The fourth-order valence-electron chi connectivity index (χ4n) is 2.58. The van der Waals surface area contributed by atoms with Crippen molar-refractivity contribution in [3.8, 4) is 5.88 Å². The van der Waals surface area contributed by atoms with Gasteiger partial charge in [-0.15, -0.1) is 0 Å². The van der Waals surface area contributed by atoms with Crippen molar-refractivity contribution in [2.75, 3.05) is 6.54 Å². The van der Waals surface area contributed by atoms with E-state index in [1.54, 1.807) is 22.9 Å². The first-order valence-electron chi connectivity index (χ1n) is 7.18. The van der Waals surface area contributed by atoms with Gasteiger partial charge in [0, 0.05) is 25.2 Å². The van der Waals surface area contributed by atoms with E-state index in [2.05, 4.69) is 4.99 Å². The molecule has 0 unspecified atom stereocenters. The number of hydrogen-bond donors (Lipinski definition) is 1. The number of fused-ring (bicyclic) bond motifs is 1. The number of para-hydroxylation sites is 1. The third-order valence-corrected chi connectivity index (χ3v) is 3.80. The van der Waals surface area contributed by atoms with E-state index in [1.165, 1.54) is 6.07 Å². The molecule has 1 heterocycles. The van der Waals surface area contributed by atoms with Gasteiger partial charge in [0.25, 0.3) is 0 Å². The van der Waals surface area contributed by atoms with Gasteiger partial charge in [-0.05, 0) is 24.1 Å². The Morgan fingerprint density at radius 3 is 2.68 bits per heavy atom. The molecular weight excluding hydrogens is 279 g/mol. The number of halogens is 1. The first-order valence-corrected chi connectivity index (χ1v) is 7.18. The molecule has 1 N–H and O–H groups in total. The van der Waals surface area contributed by atoms with Crippen molar-refractivity contribution in [2.24, 2.45) is 12.0 Å². The molecule has 0 saturated heterocycles. The SMILES string of the molecule is Cn1c(O)c(C=NCCc2ccccc2F)c2ccccc21. The summed E-state index contributed by atoms with van der Waals surface area (Å²) in [7, 11) is 1.81. The number of aromatic hydroxyl groups is 1. The van der Waals surface area contributed by atoms with E-state index in [0.717, 1.165) is 10.9 Å². The molecule has 0 aliphatic carbocycles. The molecule has 3 nitrogen and oxygen atoms in total. The lowest BCUT2D eigenvalue weighted by Gasteiger charge is -1.99. The largest absolute Gasteiger partial charge is 0.494 e.